The van der Waals surface area contributed by atoms with E-state index in [9.17, 15) is 0 Å². The molecular formula is C52H96BNSi4. The highest BCUT2D eigenvalue weighted by Crippen LogP contribution is 2.44. The molecule has 0 amide bonds. The van der Waals surface area contributed by atoms with Crippen molar-refractivity contribution < 1.29 is 4.90 Å². The lowest BCUT2D eigenvalue weighted by Gasteiger charge is -2.41. The molecule has 1 aromatic carbocycles. The molecule has 1 aromatic rings. The fourth-order valence-corrected chi connectivity index (χ4v) is 33.0. The number of benzene rings is 1. The smallest absolute Gasteiger partial charge is 0.268 e. The summed E-state index contributed by atoms with van der Waals surface area (Å²) in [6, 6.07) is 10.4. The molecule has 1 rings (SSSR count). The number of hydrogen-bond acceptors (Lipinski definition) is 0. The summed E-state index contributed by atoms with van der Waals surface area (Å²) in [5.74, 6) is 16.4. The predicted molar refractivity (Wildman–Crippen MR) is 280 cm³/mol. The van der Waals surface area contributed by atoms with Gasteiger partial charge < -0.3 is 4.90 Å². The first kappa shape index (κ1) is 56.4. The third-order valence-electron chi connectivity index (χ3n) is 14.8. The minimum Gasteiger partial charge on any atom is -0.307 e. The van der Waals surface area contributed by atoms with Gasteiger partial charge in [0.05, 0.1) is 14.1 Å². The van der Waals surface area contributed by atoms with Crippen LogP contribution in [0.1, 0.15) is 166 Å². The molecule has 0 atom stereocenters. The Balaban J connectivity index is 0.00000314. The number of rotatable bonds is 13. The highest BCUT2D eigenvalue weighted by Gasteiger charge is 2.45. The van der Waals surface area contributed by atoms with Gasteiger partial charge in [-0.15, -0.1) is 0 Å². The summed E-state index contributed by atoms with van der Waals surface area (Å²) in [6.07, 6.45) is -1.92. The maximum atomic E-state index is 4.20. The van der Waals surface area contributed by atoms with Crippen molar-refractivity contribution in [3.8, 4) is 45.5 Å². The average Bonchev–Trinajstić information content (AvgIpc) is 3.08. The van der Waals surface area contributed by atoms with E-state index in [4.69, 9.17) is 0 Å². The fourth-order valence-electron chi connectivity index (χ4n) is 11.7. The van der Waals surface area contributed by atoms with Crippen LogP contribution in [-0.2, 0) is 0 Å². The van der Waals surface area contributed by atoms with E-state index in [-0.39, 0.29) is 0 Å². The number of quaternary nitrogens is 1. The van der Waals surface area contributed by atoms with Crippen molar-refractivity contribution in [1.82, 2.24) is 0 Å². The highest BCUT2D eigenvalue weighted by atomic mass is 28.3. The van der Waals surface area contributed by atoms with Crippen molar-refractivity contribution in [3.05, 3.63) is 30.3 Å². The maximum Gasteiger partial charge on any atom is 0.268 e. The van der Waals surface area contributed by atoms with Crippen molar-refractivity contribution in [3.63, 3.8) is 0 Å². The molecule has 0 aliphatic carbocycles. The Morgan fingerprint density at radius 3 is 0.621 bits per heavy atom. The molecular weight excluding hydrogens is 762 g/mol. The van der Waals surface area contributed by atoms with Gasteiger partial charge in [-0.2, -0.15) is 22.2 Å². The molecule has 0 aliphatic heterocycles. The molecule has 0 saturated heterocycles. The first-order valence-electron chi connectivity index (χ1n) is 23.6. The molecule has 1 nitrogen and oxygen atoms in total. The zero-order valence-electron chi connectivity index (χ0n) is 43.4. The fraction of sp³-hybridized carbons (Fsp3) is 0.731. The second-order valence-electron chi connectivity index (χ2n) is 21.9. The van der Waals surface area contributed by atoms with Gasteiger partial charge in [-0.1, -0.05) is 184 Å². The average molecular weight is 859 g/mol. The summed E-state index contributed by atoms with van der Waals surface area (Å²) in [5.41, 5.74) is 24.7. The highest BCUT2D eigenvalue weighted by molar-refractivity contribution is 7.10. The van der Waals surface area contributed by atoms with Gasteiger partial charge in [-0.3, -0.25) is 23.3 Å². The van der Waals surface area contributed by atoms with E-state index in [0.717, 1.165) is 0 Å². The summed E-state index contributed by atoms with van der Waals surface area (Å²) in [6.45, 7) is 58.2. The lowest BCUT2D eigenvalue weighted by molar-refractivity contribution is -0.786. The van der Waals surface area contributed by atoms with Crippen molar-refractivity contribution in [2.75, 3.05) is 14.1 Å². The van der Waals surface area contributed by atoms with Crippen molar-refractivity contribution in [1.29, 1.82) is 0 Å². The Labute approximate surface area is 369 Å². The van der Waals surface area contributed by atoms with E-state index in [1.54, 1.807) is 0 Å². The van der Waals surface area contributed by atoms with Gasteiger partial charge in [0, 0.05) is 0 Å². The second kappa shape index (κ2) is 23.5. The minimum absolute atomic E-state index is 0.545. The second-order valence-corrected chi connectivity index (χ2v) is 44.2. The van der Waals surface area contributed by atoms with Crippen LogP contribution in [0.15, 0.2) is 30.3 Å². The number of para-hydroxylation sites is 1. The van der Waals surface area contributed by atoms with Gasteiger partial charge in [0.1, 0.15) is 38.0 Å². The van der Waals surface area contributed by atoms with Crippen LogP contribution >= 0.6 is 0 Å². The Hall–Kier alpha value is -1.65. The zero-order chi connectivity index (χ0) is 45.8. The molecule has 0 aromatic heterocycles. The van der Waals surface area contributed by atoms with Gasteiger partial charge in [0.2, 0.25) is 0 Å². The Bertz CT molecular complexity index is 1340. The molecule has 0 bridgehead atoms. The predicted octanol–water partition coefficient (Wildman–Crippen LogP) is 14.9. The molecule has 0 radical (unpaired) electrons. The van der Waals surface area contributed by atoms with E-state index < -0.39 is 38.4 Å². The van der Waals surface area contributed by atoms with Gasteiger partial charge in [-0.25, -0.2) is 0 Å². The van der Waals surface area contributed by atoms with Crippen molar-refractivity contribution >= 4 is 44.1 Å². The number of nitrogens with one attached hydrogen (secondary N) is 1. The van der Waals surface area contributed by atoms with Gasteiger partial charge >= 0.3 is 0 Å². The van der Waals surface area contributed by atoms with Crippen molar-refractivity contribution in [2.24, 2.45) is 0 Å². The molecule has 0 spiro atoms. The van der Waals surface area contributed by atoms with Crippen LogP contribution in [0.4, 0.5) is 5.69 Å². The van der Waals surface area contributed by atoms with Crippen LogP contribution in [0.3, 0.4) is 0 Å². The third-order valence-corrected chi connectivity index (χ3v) is 40.1. The maximum absolute atomic E-state index is 4.20. The van der Waals surface area contributed by atoms with Crippen LogP contribution in [0, 0.1) is 45.5 Å². The summed E-state index contributed by atoms with van der Waals surface area (Å²) in [5, 5.41) is 0. The van der Waals surface area contributed by atoms with E-state index in [1.807, 2.05) is 6.07 Å². The largest absolute Gasteiger partial charge is 0.307 e. The molecule has 328 valence electrons. The van der Waals surface area contributed by atoms with Crippen LogP contribution in [0.5, 0.6) is 0 Å². The monoisotopic (exact) mass is 858 g/mol. The Morgan fingerprint density at radius 1 is 0.328 bits per heavy atom. The SMILES string of the molecule is CC(C)[Si](C#C[B-](C#C[Si](C(C)C)(C(C)C)C(C)C)(C#C[Si](C(C)C)(C(C)C)C(C)C)C#C[Si](C(C)C)(C(C)C)C(C)C)(C(C)C)C(C)C.C[NH+](C)c1ccccc1. The third kappa shape index (κ3) is 12.7. The lowest BCUT2D eigenvalue weighted by atomic mass is 9.28. The molecule has 1 N–H and O–H groups in total. The zero-order valence-corrected chi connectivity index (χ0v) is 47.4. The molecule has 6 heteroatoms. The van der Waals surface area contributed by atoms with Crippen LogP contribution in [0.25, 0.3) is 0 Å². The van der Waals surface area contributed by atoms with Crippen LogP contribution in [0.2, 0.25) is 66.5 Å². The van der Waals surface area contributed by atoms with E-state index in [0.29, 0.717) is 66.5 Å². The summed E-state index contributed by atoms with van der Waals surface area (Å²) < 4.78 is 0. The number of hydrogen-bond donors (Lipinski definition) is 1. The standard InChI is InChI=1S/C44H84BSi4.C8H11N/c1-33(2)46(34(3)4,35(5)6)29-25-45(26-30-47(36(7)8,37(9)10)38(11)12,27-31-48(39(13)14,40(15)16)41(17)18)28-32-49(42(19)20,43(21)22)44(23)24;1-9(2)8-6-4-3-5-7-8/h33-44H,1-24H3;3-7H,1-2H3/q-1;/p+1. The van der Waals surface area contributed by atoms with E-state index in [1.165, 1.54) is 10.6 Å². The van der Waals surface area contributed by atoms with Gasteiger partial charge in [-0.05, 0) is 78.6 Å². The van der Waals surface area contributed by atoms with Gasteiger partial charge in [0.25, 0.3) is 6.15 Å². The molecule has 0 saturated carbocycles. The summed E-state index contributed by atoms with van der Waals surface area (Å²) in [4.78, 5) is 1.37. The quantitative estimate of drug-likeness (QED) is 0.149. The molecule has 0 fully saturated rings. The van der Waals surface area contributed by atoms with Gasteiger partial charge in [0.15, 0.2) is 0 Å². The van der Waals surface area contributed by atoms with E-state index in [2.05, 4.69) is 250 Å². The topological polar surface area (TPSA) is 4.44 Å². The first-order chi connectivity index (χ1) is 26.5. The van der Waals surface area contributed by atoms with E-state index >= 15 is 0 Å². The molecule has 0 heterocycles. The van der Waals surface area contributed by atoms with Crippen LogP contribution in [-0.4, -0.2) is 52.5 Å². The molecule has 58 heavy (non-hydrogen) atoms. The van der Waals surface area contributed by atoms with Crippen LogP contribution < -0.4 is 4.90 Å². The molecule has 0 aliphatic rings. The minimum atomic E-state index is -2.07. The first-order valence-corrected chi connectivity index (χ1v) is 32.6. The summed E-state index contributed by atoms with van der Waals surface area (Å²) in [7, 11) is -4.05. The Morgan fingerprint density at radius 2 is 0.500 bits per heavy atom. The normalized spacial score (nSPS) is 13.1. The lowest BCUT2D eigenvalue weighted by Crippen LogP contribution is -3.00. The molecule has 0 unspecified atom stereocenters. The Kier molecular flexibility index (Phi) is 22.9. The summed E-state index contributed by atoms with van der Waals surface area (Å²) >= 11 is 0. The van der Waals surface area contributed by atoms with Crippen molar-refractivity contribution in [2.45, 2.75) is 233 Å².